The van der Waals surface area contributed by atoms with E-state index in [1.54, 1.807) is 26.3 Å². The minimum absolute atomic E-state index is 0.216. The molecule has 1 aromatic rings. The number of hydrogen-bond acceptors (Lipinski definition) is 3. The van der Waals surface area contributed by atoms with Gasteiger partial charge in [0.25, 0.3) is 0 Å². The third-order valence-corrected chi connectivity index (χ3v) is 10.9. The molecule has 1 aromatic heterocycles. The average Bonchev–Trinajstić information content (AvgIpc) is 3.56. The lowest BCUT2D eigenvalue weighted by Crippen LogP contribution is -2.06. The molecule has 6 rings (SSSR count). The Morgan fingerprint density at radius 1 is 0.718 bits per heavy atom. The van der Waals surface area contributed by atoms with Crippen molar-refractivity contribution in [3.63, 3.8) is 0 Å². The quantitative estimate of drug-likeness (QED) is 0.229. The molecule has 0 saturated heterocycles. The first-order valence-corrected chi connectivity index (χ1v) is 16.7. The largest absolute Gasteiger partial charge is 0.342 e. The lowest BCUT2D eigenvalue weighted by Gasteiger charge is -2.15. The van der Waals surface area contributed by atoms with Crippen LogP contribution in [0.2, 0.25) is 0 Å². The van der Waals surface area contributed by atoms with E-state index in [1.165, 1.54) is 82.9 Å². The highest BCUT2D eigenvalue weighted by Gasteiger charge is 2.27. The van der Waals surface area contributed by atoms with Crippen LogP contribution in [0.4, 0.5) is 0 Å². The van der Waals surface area contributed by atoms with E-state index >= 15 is 0 Å². The maximum atomic E-state index is 11.5. The number of aromatic nitrogens is 1. The Morgan fingerprint density at radius 3 is 1.95 bits per heavy atom. The number of Topliss-reactive ketones (excluding diaryl/α,β-unsaturated/α-hetero) is 3. The van der Waals surface area contributed by atoms with Crippen LogP contribution in [0.15, 0.2) is 43.1 Å². The predicted octanol–water partition coefficient (Wildman–Crippen LogP) is 9.03. The molecule has 0 spiro atoms. The molecule has 0 bridgehead atoms. The fraction of sp³-hybridized carbons (Fsp3) is 0.545. The fourth-order valence-electron chi connectivity index (χ4n) is 6.83. The zero-order chi connectivity index (χ0) is 28.3. The van der Waals surface area contributed by atoms with Gasteiger partial charge in [-0.15, -0.1) is 0 Å². The summed E-state index contributed by atoms with van der Waals surface area (Å²) in [6.07, 6.45) is 18.8. The van der Waals surface area contributed by atoms with Gasteiger partial charge in [-0.25, -0.2) is 0 Å². The first kappa shape index (κ1) is 30.7. The summed E-state index contributed by atoms with van der Waals surface area (Å²) in [5.74, 6) is 0.728. The number of carbonyl (C=O) groups is 3. The van der Waals surface area contributed by atoms with E-state index in [9.17, 15) is 14.4 Å². The number of fused-ring (bicyclic) bond motifs is 1. The van der Waals surface area contributed by atoms with E-state index in [1.807, 2.05) is 0 Å². The summed E-state index contributed by atoms with van der Waals surface area (Å²) in [6, 6.07) is 0. The highest BCUT2D eigenvalue weighted by atomic mass is 127. The second kappa shape index (κ2) is 13.6. The Bertz CT molecular complexity index is 1320. The molecule has 1 heterocycles. The molecule has 0 amide bonds. The van der Waals surface area contributed by atoms with Crippen LogP contribution in [0.3, 0.4) is 0 Å². The van der Waals surface area contributed by atoms with E-state index < -0.39 is 0 Å². The first-order valence-electron chi connectivity index (χ1n) is 14.5. The zero-order valence-corrected chi connectivity index (χ0v) is 28.2. The van der Waals surface area contributed by atoms with Gasteiger partial charge < -0.3 is 4.57 Å². The minimum atomic E-state index is 0.216. The van der Waals surface area contributed by atoms with Gasteiger partial charge in [-0.05, 0) is 166 Å². The summed E-state index contributed by atoms with van der Waals surface area (Å²) in [5.41, 5.74) is 11.6. The van der Waals surface area contributed by atoms with Gasteiger partial charge in [-0.1, -0.05) is 17.2 Å². The molecule has 5 aliphatic carbocycles. The molecule has 0 saturated carbocycles. The molecular formula is C33H41I2NO3. The van der Waals surface area contributed by atoms with Crippen LogP contribution in [0, 0.1) is 3.70 Å². The van der Waals surface area contributed by atoms with Gasteiger partial charge in [0.05, 0.1) is 9.26 Å². The Morgan fingerprint density at radius 2 is 1.31 bits per heavy atom. The summed E-state index contributed by atoms with van der Waals surface area (Å²) >= 11 is 4.61. The standard InChI is InChI=1S/C11H14INO.C11H13IO.C11H14O/c1-7(14)10-8-5-3-4-6-9(8)13(2)11(10)12;1-7(13)11-9-5-3-2-4-8(9)6-10(11)12;1-8(12)10-7-6-9-4-2-3-5-11(9)10/h3-6H2,1-2H3;2-6H2,1H3;7H,2-6H2,1H3. The number of rotatable bonds is 3. The minimum Gasteiger partial charge on any atom is -0.342 e. The molecule has 0 aromatic carbocycles. The van der Waals surface area contributed by atoms with Crippen LogP contribution in [-0.2, 0) is 29.5 Å². The van der Waals surface area contributed by atoms with Crippen LogP contribution in [0.25, 0.3) is 0 Å². The molecule has 39 heavy (non-hydrogen) atoms. The van der Waals surface area contributed by atoms with Crippen molar-refractivity contribution in [1.82, 2.24) is 4.57 Å². The van der Waals surface area contributed by atoms with Crippen LogP contribution in [0.1, 0.15) is 119 Å². The van der Waals surface area contributed by atoms with Crippen molar-refractivity contribution in [1.29, 1.82) is 0 Å². The van der Waals surface area contributed by atoms with Gasteiger partial charge in [0.2, 0.25) is 0 Å². The third-order valence-electron chi connectivity index (χ3n) is 8.71. The van der Waals surface area contributed by atoms with Gasteiger partial charge in [0, 0.05) is 33.9 Å². The lowest BCUT2D eigenvalue weighted by molar-refractivity contribution is -0.114. The first-order chi connectivity index (χ1) is 18.6. The van der Waals surface area contributed by atoms with Crippen molar-refractivity contribution in [2.75, 3.05) is 0 Å². The molecule has 0 aliphatic heterocycles. The summed E-state index contributed by atoms with van der Waals surface area (Å²) in [6.45, 7) is 5.04. The molecule has 210 valence electrons. The van der Waals surface area contributed by atoms with Gasteiger partial charge in [-0.3, -0.25) is 14.4 Å². The van der Waals surface area contributed by atoms with Crippen LogP contribution >= 0.6 is 45.2 Å². The van der Waals surface area contributed by atoms with Crippen molar-refractivity contribution in [3.05, 3.63) is 63.6 Å². The summed E-state index contributed by atoms with van der Waals surface area (Å²) < 4.78 is 4.57. The second-order valence-electron chi connectivity index (χ2n) is 11.4. The van der Waals surface area contributed by atoms with Crippen molar-refractivity contribution >= 4 is 62.5 Å². The molecule has 4 nitrogen and oxygen atoms in total. The van der Waals surface area contributed by atoms with Crippen LogP contribution in [-0.4, -0.2) is 21.9 Å². The SMILES string of the molecule is CC(=O)C1=C(I)CC2=C1CCCC2.CC(=O)C1=CCC2=C1CCCC2.CC(=O)c1c2c(n(C)c1I)CCCC2. The van der Waals surface area contributed by atoms with E-state index in [0.717, 1.165) is 58.9 Å². The Balaban J connectivity index is 0.000000136. The number of nitrogens with zero attached hydrogens (tertiary/aromatic N) is 1. The molecule has 0 fully saturated rings. The van der Waals surface area contributed by atoms with Crippen LogP contribution in [0.5, 0.6) is 0 Å². The average molecular weight is 754 g/mol. The molecule has 5 aliphatic rings. The molecule has 6 heteroatoms. The van der Waals surface area contributed by atoms with E-state index in [2.05, 4.69) is 62.9 Å². The number of carbonyl (C=O) groups excluding carboxylic acids is 3. The van der Waals surface area contributed by atoms with E-state index in [4.69, 9.17) is 0 Å². The van der Waals surface area contributed by atoms with Crippen LogP contribution < -0.4 is 0 Å². The highest BCUT2D eigenvalue weighted by molar-refractivity contribution is 14.1. The highest BCUT2D eigenvalue weighted by Crippen LogP contribution is 2.43. The maximum Gasteiger partial charge on any atom is 0.162 e. The second-order valence-corrected chi connectivity index (χ2v) is 13.7. The smallest absolute Gasteiger partial charge is 0.162 e. The summed E-state index contributed by atoms with van der Waals surface area (Å²) in [7, 11) is 2.07. The molecular weight excluding hydrogens is 712 g/mol. The Kier molecular flexibility index (Phi) is 10.7. The molecule has 0 atom stereocenters. The van der Waals surface area contributed by atoms with Crippen molar-refractivity contribution in [2.45, 2.75) is 111 Å². The molecule has 0 unspecified atom stereocenters. The van der Waals surface area contributed by atoms with E-state index in [0.29, 0.717) is 0 Å². The van der Waals surface area contributed by atoms with Gasteiger partial charge >= 0.3 is 0 Å². The number of ketones is 3. The monoisotopic (exact) mass is 753 g/mol. The normalized spacial score (nSPS) is 19.8. The van der Waals surface area contributed by atoms with Crippen molar-refractivity contribution < 1.29 is 14.4 Å². The summed E-state index contributed by atoms with van der Waals surface area (Å²) in [5, 5.41) is 0. The Hall–Kier alpha value is -1.29. The molecule has 0 radical (unpaired) electrons. The summed E-state index contributed by atoms with van der Waals surface area (Å²) in [4.78, 5) is 34.1. The predicted molar refractivity (Wildman–Crippen MR) is 175 cm³/mol. The zero-order valence-electron chi connectivity index (χ0n) is 23.9. The topological polar surface area (TPSA) is 56.1 Å². The van der Waals surface area contributed by atoms with E-state index in [-0.39, 0.29) is 17.3 Å². The van der Waals surface area contributed by atoms with Crippen molar-refractivity contribution in [3.8, 4) is 0 Å². The van der Waals surface area contributed by atoms with Gasteiger partial charge in [0.1, 0.15) is 0 Å². The Labute approximate surface area is 261 Å². The number of halogens is 2. The number of hydrogen-bond donors (Lipinski definition) is 0. The maximum absolute atomic E-state index is 11.5. The van der Waals surface area contributed by atoms with Gasteiger partial charge in [0.15, 0.2) is 17.3 Å². The van der Waals surface area contributed by atoms with Gasteiger partial charge in [-0.2, -0.15) is 0 Å². The number of allylic oxidation sites excluding steroid dienone is 8. The van der Waals surface area contributed by atoms with Crippen molar-refractivity contribution in [2.24, 2.45) is 7.05 Å². The molecule has 0 N–H and O–H groups in total. The lowest BCUT2D eigenvalue weighted by atomic mass is 9.90. The third kappa shape index (κ3) is 6.79. The fourth-order valence-corrected chi connectivity index (χ4v) is 8.99.